The van der Waals surface area contributed by atoms with Gasteiger partial charge in [0.15, 0.2) is 11.9 Å². The number of methoxy groups -OCH3 is 1. The number of carbonyl (C=O) groups excluding carboxylic acids is 2. The van der Waals surface area contributed by atoms with E-state index < -0.39 is 12.1 Å². The molecule has 2 aromatic rings. The van der Waals surface area contributed by atoms with Crippen LogP contribution >= 0.6 is 0 Å². The second-order valence-corrected chi connectivity index (χ2v) is 4.50. The number of nitrogens with one attached hydrogen (secondary N) is 1. The summed E-state index contributed by atoms with van der Waals surface area (Å²) in [4.78, 5) is 26.4. The Bertz CT molecular complexity index is 644. The average molecular weight is 275 g/mol. The molecule has 5 nitrogen and oxygen atoms in total. The molecule has 0 amide bonds. The lowest BCUT2D eigenvalue weighted by Gasteiger charge is -2.09. The predicted octanol–water partition coefficient (Wildman–Crippen LogP) is 2.70. The van der Waals surface area contributed by atoms with Crippen molar-refractivity contribution in [1.82, 2.24) is 4.98 Å². The normalized spacial score (nSPS) is 12.2. The molecule has 0 aliphatic carbocycles. The van der Waals surface area contributed by atoms with Crippen LogP contribution in [0.25, 0.3) is 10.9 Å². The summed E-state index contributed by atoms with van der Waals surface area (Å²) in [6.45, 7) is 3.32. The van der Waals surface area contributed by atoms with Gasteiger partial charge in [-0.05, 0) is 25.1 Å². The first kappa shape index (κ1) is 14.1. The molecule has 5 heteroatoms. The number of esters is 1. The molecule has 0 radical (unpaired) electrons. The zero-order chi connectivity index (χ0) is 14.7. The van der Waals surface area contributed by atoms with Crippen molar-refractivity contribution in [2.24, 2.45) is 0 Å². The number of benzene rings is 1. The van der Waals surface area contributed by atoms with Gasteiger partial charge in [-0.15, -0.1) is 0 Å². The SMILES string of the molecule is CCC(=O)[C@@H](C)OC(=O)c1cc2ccc(OC)cc2[nH]1. The average Bonchev–Trinajstić information content (AvgIpc) is 2.88. The second kappa shape index (κ2) is 5.77. The molecule has 2 rings (SSSR count). The largest absolute Gasteiger partial charge is 0.497 e. The fourth-order valence-corrected chi connectivity index (χ4v) is 1.92. The lowest BCUT2D eigenvalue weighted by Crippen LogP contribution is -2.23. The summed E-state index contributed by atoms with van der Waals surface area (Å²) in [5, 5.41) is 0.882. The highest BCUT2D eigenvalue weighted by atomic mass is 16.5. The van der Waals surface area contributed by atoms with E-state index in [9.17, 15) is 9.59 Å². The number of aromatic nitrogens is 1. The highest BCUT2D eigenvalue weighted by molar-refractivity contribution is 5.96. The highest BCUT2D eigenvalue weighted by Crippen LogP contribution is 2.21. The first-order chi connectivity index (χ1) is 9.55. The smallest absolute Gasteiger partial charge is 0.355 e. The standard InChI is InChI=1S/C15H17NO4/c1-4-14(17)9(2)20-15(18)13-7-10-5-6-11(19-3)8-12(10)16-13/h5-9,16H,4H2,1-3H3/t9-/m1/s1. The highest BCUT2D eigenvalue weighted by Gasteiger charge is 2.18. The Morgan fingerprint density at radius 3 is 2.70 bits per heavy atom. The van der Waals surface area contributed by atoms with Crippen molar-refractivity contribution in [3.63, 3.8) is 0 Å². The molecule has 1 heterocycles. The van der Waals surface area contributed by atoms with E-state index in [0.717, 1.165) is 10.9 Å². The number of ketones is 1. The molecule has 0 fully saturated rings. The molecule has 0 bridgehead atoms. The van der Waals surface area contributed by atoms with Gasteiger partial charge in [0, 0.05) is 23.4 Å². The number of carbonyl (C=O) groups is 2. The Balaban J connectivity index is 2.20. The monoisotopic (exact) mass is 275 g/mol. The predicted molar refractivity (Wildman–Crippen MR) is 75.0 cm³/mol. The number of H-pyrrole nitrogens is 1. The van der Waals surface area contributed by atoms with Gasteiger partial charge < -0.3 is 14.5 Å². The van der Waals surface area contributed by atoms with E-state index in [1.807, 2.05) is 12.1 Å². The van der Waals surface area contributed by atoms with Gasteiger partial charge in [-0.1, -0.05) is 6.92 Å². The number of Topliss-reactive ketones (excluding diaryl/α,β-unsaturated/α-hetero) is 1. The van der Waals surface area contributed by atoms with Gasteiger partial charge in [-0.2, -0.15) is 0 Å². The van der Waals surface area contributed by atoms with Crippen LogP contribution in [-0.4, -0.2) is 30.0 Å². The minimum atomic E-state index is -0.728. The van der Waals surface area contributed by atoms with E-state index in [0.29, 0.717) is 17.9 Å². The lowest BCUT2D eigenvalue weighted by molar-refractivity contribution is -0.126. The summed E-state index contributed by atoms with van der Waals surface area (Å²) in [6.07, 6.45) is -0.383. The number of fused-ring (bicyclic) bond motifs is 1. The molecule has 1 atom stereocenters. The van der Waals surface area contributed by atoms with Gasteiger partial charge in [0.2, 0.25) is 0 Å². The third-order valence-corrected chi connectivity index (χ3v) is 3.14. The third-order valence-electron chi connectivity index (χ3n) is 3.14. The maximum absolute atomic E-state index is 12.0. The molecule has 20 heavy (non-hydrogen) atoms. The van der Waals surface area contributed by atoms with E-state index in [-0.39, 0.29) is 5.78 Å². The van der Waals surface area contributed by atoms with Crippen LogP contribution in [0.3, 0.4) is 0 Å². The van der Waals surface area contributed by atoms with Crippen LogP contribution in [0.4, 0.5) is 0 Å². The summed E-state index contributed by atoms with van der Waals surface area (Å²) in [7, 11) is 1.58. The van der Waals surface area contributed by atoms with Gasteiger partial charge in [-0.3, -0.25) is 4.79 Å². The molecule has 0 saturated heterocycles. The van der Waals surface area contributed by atoms with Crippen molar-refractivity contribution < 1.29 is 19.1 Å². The molecule has 106 valence electrons. The number of hydrogen-bond donors (Lipinski definition) is 1. The molecule has 1 N–H and O–H groups in total. The van der Waals surface area contributed by atoms with Crippen molar-refractivity contribution in [2.45, 2.75) is 26.4 Å². The summed E-state index contributed by atoms with van der Waals surface area (Å²) in [5.41, 5.74) is 1.11. The Morgan fingerprint density at radius 1 is 1.30 bits per heavy atom. The van der Waals surface area contributed by atoms with Crippen LogP contribution in [0.15, 0.2) is 24.3 Å². The minimum absolute atomic E-state index is 0.101. The lowest BCUT2D eigenvalue weighted by atomic mass is 10.2. The van der Waals surface area contributed by atoms with Gasteiger partial charge in [0.05, 0.1) is 7.11 Å². The molecule has 1 aromatic carbocycles. The van der Waals surface area contributed by atoms with Crippen molar-refractivity contribution in [2.75, 3.05) is 7.11 Å². The first-order valence-electron chi connectivity index (χ1n) is 6.45. The van der Waals surface area contributed by atoms with E-state index >= 15 is 0 Å². The second-order valence-electron chi connectivity index (χ2n) is 4.50. The summed E-state index contributed by atoms with van der Waals surface area (Å²) in [5.74, 6) is 0.0689. The summed E-state index contributed by atoms with van der Waals surface area (Å²) < 4.78 is 10.2. The van der Waals surface area contributed by atoms with Crippen molar-refractivity contribution in [3.8, 4) is 5.75 Å². The number of hydrogen-bond acceptors (Lipinski definition) is 4. The fourth-order valence-electron chi connectivity index (χ4n) is 1.92. The van der Waals surface area contributed by atoms with Crippen molar-refractivity contribution in [1.29, 1.82) is 0 Å². The maximum Gasteiger partial charge on any atom is 0.355 e. The van der Waals surface area contributed by atoms with Gasteiger partial charge in [0.25, 0.3) is 0 Å². The van der Waals surface area contributed by atoms with Crippen LogP contribution in [0.5, 0.6) is 5.75 Å². The molecule has 0 aliphatic rings. The van der Waals surface area contributed by atoms with Crippen LogP contribution < -0.4 is 4.74 Å². The molecular weight excluding hydrogens is 258 g/mol. The van der Waals surface area contributed by atoms with Crippen LogP contribution in [0.1, 0.15) is 30.8 Å². The van der Waals surface area contributed by atoms with Crippen LogP contribution in [0.2, 0.25) is 0 Å². The van der Waals surface area contributed by atoms with Crippen LogP contribution in [-0.2, 0) is 9.53 Å². The van der Waals surface area contributed by atoms with Crippen molar-refractivity contribution >= 4 is 22.7 Å². The molecule has 0 saturated carbocycles. The summed E-state index contributed by atoms with van der Waals surface area (Å²) in [6, 6.07) is 7.16. The van der Waals surface area contributed by atoms with E-state index in [4.69, 9.17) is 9.47 Å². The Kier molecular flexibility index (Phi) is 4.08. The van der Waals surface area contributed by atoms with E-state index in [2.05, 4.69) is 4.98 Å². The Labute approximate surface area is 116 Å². The fraction of sp³-hybridized carbons (Fsp3) is 0.333. The molecule has 0 unspecified atom stereocenters. The Morgan fingerprint density at radius 2 is 2.05 bits per heavy atom. The number of ether oxygens (including phenoxy) is 2. The third kappa shape index (κ3) is 2.82. The zero-order valence-corrected chi connectivity index (χ0v) is 11.7. The first-order valence-corrected chi connectivity index (χ1v) is 6.45. The van der Waals surface area contributed by atoms with Crippen molar-refractivity contribution in [3.05, 3.63) is 30.0 Å². The molecule has 1 aromatic heterocycles. The molecular formula is C15H17NO4. The van der Waals surface area contributed by atoms with Gasteiger partial charge in [0.1, 0.15) is 11.4 Å². The van der Waals surface area contributed by atoms with Gasteiger partial charge >= 0.3 is 5.97 Å². The topological polar surface area (TPSA) is 68.4 Å². The number of rotatable bonds is 5. The molecule has 0 aliphatic heterocycles. The van der Waals surface area contributed by atoms with E-state index in [1.54, 1.807) is 33.1 Å². The maximum atomic E-state index is 12.0. The number of aromatic amines is 1. The quantitative estimate of drug-likeness (QED) is 0.852. The van der Waals surface area contributed by atoms with E-state index in [1.165, 1.54) is 0 Å². The molecule has 0 spiro atoms. The minimum Gasteiger partial charge on any atom is -0.497 e. The summed E-state index contributed by atoms with van der Waals surface area (Å²) >= 11 is 0. The van der Waals surface area contributed by atoms with Gasteiger partial charge in [-0.25, -0.2) is 4.79 Å². The van der Waals surface area contributed by atoms with Crippen LogP contribution in [0, 0.1) is 0 Å². The Hall–Kier alpha value is -2.30. The zero-order valence-electron chi connectivity index (χ0n) is 11.7.